The first-order chi connectivity index (χ1) is 10.6. The van der Waals surface area contributed by atoms with Crippen molar-refractivity contribution in [1.82, 2.24) is 10.6 Å². The summed E-state index contributed by atoms with van der Waals surface area (Å²) in [5.74, 6) is -0.579. The standard InChI is InChI=1S/C18H28N2O3/c1-12-6-7-14(8-13(12)2)17(23)19-10-16(22)20-15(11-21)9-18(3,4)5/h6-8,15,21H,9-11H2,1-5H3,(H,19,23)(H,20,22). The molecule has 0 aliphatic heterocycles. The number of aliphatic hydroxyl groups excluding tert-OH is 1. The molecule has 5 heteroatoms. The molecule has 0 aliphatic rings. The second-order valence-electron chi connectivity index (χ2n) is 7.19. The normalized spacial score (nSPS) is 12.6. The Morgan fingerprint density at radius 3 is 2.35 bits per heavy atom. The summed E-state index contributed by atoms with van der Waals surface area (Å²) < 4.78 is 0. The summed E-state index contributed by atoms with van der Waals surface area (Å²) in [6.45, 7) is 9.84. The molecule has 1 unspecified atom stereocenters. The maximum absolute atomic E-state index is 12.1. The van der Waals surface area contributed by atoms with Crippen LogP contribution in [-0.4, -0.2) is 36.1 Å². The molecule has 0 aliphatic carbocycles. The largest absolute Gasteiger partial charge is 0.394 e. The van der Waals surface area contributed by atoms with E-state index in [1.165, 1.54) is 0 Å². The van der Waals surface area contributed by atoms with Crippen LogP contribution in [0, 0.1) is 19.3 Å². The van der Waals surface area contributed by atoms with Gasteiger partial charge in [-0.15, -0.1) is 0 Å². The van der Waals surface area contributed by atoms with Crippen molar-refractivity contribution in [1.29, 1.82) is 0 Å². The summed E-state index contributed by atoms with van der Waals surface area (Å²) in [6, 6.07) is 5.13. The van der Waals surface area contributed by atoms with Gasteiger partial charge in [-0.2, -0.15) is 0 Å². The zero-order valence-corrected chi connectivity index (χ0v) is 14.7. The first-order valence-electron chi connectivity index (χ1n) is 7.88. The van der Waals surface area contributed by atoms with E-state index in [4.69, 9.17) is 0 Å². The molecule has 0 saturated heterocycles. The molecule has 1 atom stereocenters. The third kappa shape index (κ3) is 6.82. The van der Waals surface area contributed by atoms with Gasteiger partial charge in [-0.3, -0.25) is 9.59 Å². The van der Waals surface area contributed by atoms with Gasteiger partial charge in [-0.1, -0.05) is 26.8 Å². The van der Waals surface area contributed by atoms with Crippen LogP contribution in [0.2, 0.25) is 0 Å². The van der Waals surface area contributed by atoms with Crippen molar-refractivity contribution in [3.8, 4) is 0 Å². The quantitative estimate of drug-likeness (QED) is 0.749. The van der Waals surface area contributed by atoms with Crippen LogP contribution >= 0.6 is 0 Å². The molecule has 1 aromatic rings. The van der Waals surface area contributed by atoms with Crippen LogP contribution in [0.4, 0.5) is 0 Å². The van der Waals surface area contributed by atoms with Crippen molar-refractivity contribution in [2.45, 2.75) is 47.1 Å². The van der Waals surface area contributed by atoms with E-state index in [1.807, 2.05) is 40.7 Å². The predicted octanol–water partition coefficient (Wildman–Crippen LogP) is 1.95. The Bertz CT molecular complexity index is 562. The summed E-state index contributed by atoms with van der Waals surface area (Å²) >= 11 is 0. The number of hydrogen-bond donors (Lipinski definition) is 3. The molecule has 1 rings (SSSR count). The molecule has 0 bridgehead atoms. The molecular formula is C18H28N2O3. The zero-order valence-electron chi connectivity index (χ0n) is 14.7. The highest BCUT2D eigenvalue weighted by atomic mass is 16.3. The predicted molar refractivity (Wildman–Crippen MR) is 91.3 cm³/mol. The Labute approximate surface area is 138 Å². The number of rotatable bonds is 6. The molecule has 23 heavy (non-hydrogen) atoms. The van der Waals surface area contributed by atoms with Crippen molar-refractivity contribution >= 4 is 11.8 Å². The van der Waals surface area contributed by atoms with Gasteiger partial charge in [0.1, 0.15) is 0 Å². The third-order valence-electron chi connectivity index (χ3n) is 3.62. The molecule has 1 aromatic carbocycles. The molecule has 0 radical (unpaired) electrons. The molecule has 0 fully saturated rings. The third-order valence-corrected chi connectivity index (χ3v) is 3.62. The van der Waals surface area contributed by atoms with Crippen LogP contribution in [0.15, 0.2) is 18.2 Å². The highest BCUT2D eigenvalue weighted by Gasteiger charge is 2.20. The smallest absolute Gasteiger partial charge is 0.251 e. The average Bonchev–Trinajstić information content (AvgIpc) is 2.45. The Morgan fingerprint density at radius 1 is 1.17 bits per heavy atom. The second-order valence-corrected chi connectivity index (χ2v) is 7.19. The molecule has 0 heterocycles. The van der Waals surface area contributed by atoms with Gasteiger partial charge in [0.25, 0.3) is 5.91 Å². The number of nitrogens with one attached hydrogen (secondary N) is 2. The zero-order chi connectivity index (χ0) is 17.6. The van der Waals surface area contributed by atoms with Crippen molar-refractivity contribution in [2.75, 3.05) is 13.2 Å². The number of aliphatic hydroxyl groups is 1. The van der Waals surface area contributed by atoms with Gasteiger partial charge in [0.05, 0.1) is 19.2 Å². The van der Waals surface area contributed by atoms with Gasteiger partial charge in [-0.05, 0) is 48.9 Å². The Morgan fingerprint density at radius 2 is 1.83 bits per heavy atom. The molecule has 0 spiro atoms. The Balaban J connectivity index is 2.51. The molecule has 0 saturated carbocycles. The Hall–Kier alpha value is -1.88. The topological polar surface area (TPSA) is 78.4 Å². The van der Waals surface area contributed by atoms with E-state index < -0.39 is 0 Å². The minimum absolute atomic E-state index is 0.00332. The fourth-order valence-electron chi connectivity index (χ4n) is 2.32. The van der Waals surface area contributed by atoms with E-state index in [1.54, 1.807) is 12.1 Å². The lowest BCUT2D eigenvalue weighted by Crippen LogP contribution is -2.44. The van der Waals surface area contributed by atoms with E-state index in [0.717, 1.165) is 11.1 Å². The number of amides is 2. The first kappa shape index (κ1) is 19.2. The molecule has 2 amide bonds. The number of hydrogen-bond acceptors (Lipinski definition) is 3. The van der Waals surface area contributed by atoms with Gasteiger partial charge in [0.2, 0.25) is 5.91 Å². The monoisotopic (exact) mass is 320 g/mol. The van der Waals surface area contributed by atoms with Gasteiger partial charge in [0.15, 0.2) is 0 Å². The second kappa shape index (κ2) is 8.11. The Kier molecular flexibility index (Phi) is 6.76. The average molecular weight is 320 g/mol. The summed E-state index contributed by atoms with van der Waals surface area (Å²) in [4.78, 5) is 24.0. The summed E-state index contributed by atoms with van der Waals surface area (Å²) in [5, 5.41) is 14.7. The minimum atomic E-state index is -0.305. The fraction of sp³-hybridized carbons (Fsp3) is 0.556. The van der Waals surface area contributed by atoms with Gasteiger partial charge >= 0.3 is 0 Å². The van der Waals surface area contributed by atoms with Crippen molar-refractivity contribution < 1.29 is 14.7 Å². The van der Waals surface area contributed by atoms with Crippen molar-refractivity contribution in [3.05, 3.63) is 34.9 Å². The van der Waals surface area contributed by atoms with Crippen LogP contribution in [0.5, 0.6) is 0 Å². The lowest BCUT2D eigenvalue weighted by molar-refractivity contribution is -0.121. The lowest BCUT2D eigenvalue weighted by Gasteiger charge is -2.25. The highest BCUT2D eigenvalue weighted by Crippen LogP contribution is 2.20. The number of carbonyl (C=O) groups is 2. The van der Waals surface area contributed by atoms with Gasteiger partial charge in [0, 0.05) is 5.56 Å². The van der Waals surface area contributed by atoms with Gasteiger partial charge < -0.3 is 15.7 Å². The van der Waals surface area contributed by atoms with Crippen LogP contribution in [-0.2, 0) is 4.79 Å². The summed E-state index contributed by atoms with van der Waals surface area (Å²) in [6.07, 6.45) is 0.667. The van der Waals surface area contributed by atoms with Crippen molar-refractivity contribution in [3.63, 3.8) is 0 Å². The molecule has 0 aromatic heterocycles. The first-order valence-corrected chi connectivity index (χ1v) is 7.88. The van der Waals surface area contributed by atoms with E-state index in [0.29, 0.717) is 12.0 Å². The lowest BCUT2D eigenvalue weighted by atomic mass is 9.88. The maximum atomic E-state index is 12.1. The minimum Gasteiger partial charge on any atom is -0.394 e. The summed E-state index contributed by atoms with van der Waals surface area (Å²) in [7, 11) is 0. The highest BCUT2D eigenvalue weighted by molar-refractivity contribution is 5.96. The van der Waals surface area contributed by atoms with Crippen molar-refractivity contribution in [2.24, 2.45) is 5.41 Å². The fourth-order valence-corrected chi connectivity index (χ4v) is 2.32. The summed E-state index contributed by atoms with van der Waals surface area (Å²) in [5.41, 5.74) is 2.69. The van der Waals surface area contributed by atoms with Crippen LogP contribution < -0.4 is 10.6 Å². The molecule has 3 N–H and O–H groups in total. The van der Waals surface area contributed by atoms with Crippen LogP contribution in [0.25, 0.3) is 0 Å². The van der Waals surface area contributed by atoms with Crippen LogP contribution in [0.3, 0.4) is 0 Å². The SMILES string of the molecule is Cc1ccc(C(=O)NCC(=O)NC(CO)CC(C)(C)C)cc1C. The number of carbonyl (C=O) groups excluding carboxylic acids is 2. The van der Waals surface area contributed by atoms with Gasteiger partial charge in [-0.25, -0.2) is 0 Å². The van der Waals surface area contributed by atoms with E-state index in [9.17, 15) is 14.7 Å². The van der Waals surface area contributed by atoms with E-state index in [2.05, 4.69) is 10.6 Å². The number of benzene rings is 1. The molecule has 128 valence electrons. The number of aryl methyl sites for hydroxylation is 2. The van der Waals surface area contributed by atoms with Crippen LogP contribution in [0.1, 0.15) is 48.7 Å². The maximum Gasteiger partial charge on any atom is 0.251 e. The van der Waals surface area contributed by atoms with E-state index >= 15 is 0 Å². The molecular weight excluding hydrogens is 292 g/mol. The molecule has 5 nitrogen and oxygen atoms in total. The van der Waals surface area contributed by atoms with E-state index in [-0.39, 0.29) is 36.4 Å².